The second-order valence-corrected chi connectivity index (χ2v) is 6.15. The Morgan fingerprint density at radius 2 is 1.95 bits per heavy atom. The third-order valence-corrected chi connectivity index (χ3v) is 4.66. The predicted octanol–water partition coefficient (Wildman–Crippen LogP) is 1.89. The molecule has 1 saturated heterocycles. The van der Waals surface area contributed by atoms with Crippen molar-refractivity contribution in [3.05, 3.63) is 16.3 Å². The first-order valence-electron chi connectivity index (χ1n) is 7.61. The monoisotopic (exact) mass is 264 g/mol. The minimum atomic E-state index is -0.00451. The fourth-order valence-electron chi connectivity index (χ4n) is 3.67. The van der Waals surface area contributed by atoms with Gasteiger partial charge >= 0.3 is 5.69 Å². The van der Waals surface area contributed by atoms with E-state index in [0.717, 1.165) is 38.2 Å². The first-order valence-corrected chi connectivity index (χ1v) is 7.61. The average molecular weight is 264 g/mol. The van der Waals surface area contributed by atoms with E-state index < -0.39 is 0 Å². The molecule has 0 amide bonds. The number of nitrogens with one attached hydrogen (secondary N) is 1. The lowest BCUT2D eigenvalue weighted by molar-refractivity contribution is 0.236. The maximum atomic E-state index is 12.1. The lowest BCUT2D eigenvalue weighted by Crippen LogP contribution is -2.34. The smallest absolute Gasteiger partial charge is 0.306 e. The first-order chi connectivity index (χ1) is 9.25. The molecule has 1 aliphatic carbocycles. The number of aromatic nitrogens is 3. The highest BCUT2D eigenvalue weighted by atomic mass is 16.1. The minimum absolute atomic E-state index is 0.00451. The Morgan fingerprint density at radius 1 is 1.16 bits per heavy atom. The number of piperidine rings is 1. The van der Waals surface area contributed by atoms with Crippen LogP contribution in [-0.2, 0) is 0 Å². The molecule has 2 fully saturated rings. The van der Waals surface area contributed by atoms with Crippen LogP contribution < -0.4 is 5.69 Å². The van der Waals surface area contributed by atoms with E-state index in [1.54, 1.807) is 0 Å². The van der Waals surface area contributed by atoms with Gasteiger partial charge in [0.25, 0.3) is 0 Å². The van der Waals surface area contributed by atoms with Crippen molar-refractivity contribution in [1.29, 1.82) is 0 Å². The Balaban J connectivity index is 1.87. The van der Waals surface area contributed by atoms with Crippen LogP contribution in [-0.4, -0.2) is 39.8 Å². The highest BCUT2D eigenvalue weighted by Crippen LogP contribution is 2.31. The molecular formula is C14H24N4O. The largest absolute Gasteiger partial charge is 0.343 e. The molecule has 2 aliphatic rings. The summed E-state index contributed by atoms with van der Waals surface area (Å²) >= 11 is 0. The topological polar surface area (TPSA) is 53.9 Å². The third kappa shape index (κ3) is 2.61. The van der Waals surface area contributed by atoms with E-state index in [9.17, 15) is 4.79 Å². The van der Waals surface area contributed by atoms with Crippen molar-refractivity contribution >= 4 is 0 Å². The summed E-state index contributed by atoms with van der Waals surface area (Å²) < 4.78 is 1.98. The number of hydrogen-bond acceptors (Lipinski definition) is 3. The maximum absolute atomic E-state index is 12.1. The molecule has 106 valence electrons. The summed E-state index contributed by atoms with van der Waals surface area (Å²) in [5, 5.41) is 7.03. The van der Waals surface area contributed by atoms with Crippen LogP contribution in [0.4, 0.5) is 0 Å². The molecule has 1 aromatic rings. The van der Waals surface area contributed by atoms with Crippen molar-refractivity contribution in [2.24, 2.45) is 0 Å². The van der Waals surface area contributed by atoms with Crippen molar-refractivity contribution in [2.75, 3.05) is 20.1 Å². The third-order valence-electron chi connectivity index (χ3n) is 4.66. The number of H-pyrrole nitrogens is 1. The zero-order valence-corrected chi connectivity index (χ0v) is 11.8. The van der Waals surface area contributed by atoms with E-state index in [4.69, 9.17) is 0 Å². The summed E-state index contributed by atoms with van der Waals surface area (Å²) in [4.78, 5) is 14.4. The minimum Gasteiger partial charge on any atom is -0.306 e. The van der Waals surface area contributed by atoms with Crippen molar-refractivity contribution < 1.29 is 0 Å². The molecule has 0 radical (unpaired) electrons. The van der Waals surface area contributed by atoms with Crippen LogP contribution in [0, 0.1) is 0 Å². The van der Waals surface area contributed by atoms with Gasteiger partial charge in [0.2, 0.25) is 0 Å². The van der Waals surface area contributed by atoms with Gasteiger partial charge in [-0.25, -0.2) is 9.89 Å². The first kappa shape index (κ1) is 12.9. The number of likely N-dealkylation sites (tertiary alicyclic amines) is 1. The average Bonchev–Trinajstić information content (AvgIpc) is 2.82. The molecule has 2 heterocycles. The fourth-order valence-corrected chi connectivity index (χ4v) is 3.67. The summed E-state index contributed by atoms with van der Waals surface area (Å²) in [6.45, 7) is 2.19. The quantitative estimate of drug-likeness (QED) is 0.887. The summed E-state index contributed by atoms with van der Waals surface area (Å²) in [6, 6.07) is 0.377. The lowest BCUT2D eigenvalue weighted by atomic mass is 9.93. The Morgan fingerprint density at radius 3 is 2.68 bits per heavy atom. The number of aromatic amines is 1. The molecule has 0 spiro atoms. The number of nitrogens with zero attached hydrogens (tertiary/aromatic N) is 3. The van der Waals surface area contributed by atoms with Crippen molar-refractivity contribution in [2.45, 2.75) is 56.9 Å². The summed E-state index contributed by atoms with van der Waals surface area (Å²) in [5.41, 5.74) is -0.00451. The van der Waals surface area contributed by atoms with Gasteiger partial charge in [-0.1, -0.05) is 19.3 Å². The van der Waals surface area contributed by atoms with E-state index in [1.807, 2.05) is 4.57 Å². The summed E-state index contributed by atoms with van der Waals surface area (Å²) in [6.07, 6.45) is 8.42. The molecule has 1 aliphatic heterocycles. The number of rotatable bonds is 2. The van der Waals surface area contributed by atoms with Crippen molar-refractivity contribution in [1.82, 2.24) is 19.7 Å². The molecule has 5 nitrogen and oxygen atoms in total. The summed E-state index contributed by atoms with van der Waals surface area (Å²) in [5.74, 6) is 1.42. The van der Waals surface area contributed by atoms with Gasteiger partial charge in [-0.3, -0.25) is 4.57 Å². The molecule has 0 bridgehead atoms. The molecule has 0 unspecified atom stereocenters. The van der Waals surface area contributed by atoms with Crippen LogP contribution in [0.25, 0.3) is 0 Å². The highest BCUT2D eigenvalue weighted by molar-refractivity contribution is 5.02. The van der Waals surface area contributed by atoms with Gasteiger partial charge in [-0.05, 0) is 39.3 Å². The molecule has 1 aromatic heterocycles. The number of likely N-dealkylation sites (N-methyl/N-ethyl adjacent to an activating group) is 1. The van der Waals surface area contributed by atoms with Gasteiger partial charge < -0.3 is 4.90 Å². The Labute approximate surface area is 114 Å². The van der Waals surface area contributed by atoms with Gasteiger partial charge in [0, 0.05) is 18.5 Å². The molecule has 19 heavy (non-hydrogen) atoms. The van der Waals surface area contributed by atoms with Gasteiger partial charge in [0.1, 0.15) is 5.82 Å². The fraction of sp³-hybridized carbons (Fsp3) is 0.857. The SMILES string of the molecule is CN1CCC[C@H](c2n[nH]c(=O)n2C2CCCCC2)C1. The molecular weight excluding hydrogens is 240 g/mol. The molecule has 1 N–H and O–H groups in total. The molecule has 1 saturated carbocycles. The zero-order valence-electron chi connectivity index (χ0n) is 11.8. The van der Waals surface area contributed by atoms with Gasteiger partial charge in [0.05, 0.1) is 0 Å². The van der Waals surface area contributed by atoms with E-state index in [2.05, 4.69) is 22.1 Å². The Bertz CT molecular complexity index is 472. The zero-order chi connectivity index (χ0) is 13.2. The highest BCUT2D eigenvalue weighted by Gasteiger charge is 2.28. The second-order valence-electron chi connectivity index (χ2n) is 6.15. The predicted molar refractivity (Wildman–Crippen MR) is 74.4 cm³/mol. The van der Waals surface area contributed by atoms with Crippen molar-refractivity contribution in [3.8, 4) is 0 Å². The van der Waals surface area contributed by atoms with Gasteiger partial charge in [0.15, 0.2) is 0 Å². The van der Waals surface area contributed by atoms with Gasteiger partial charge in [-0.2, -0.15) is 5.10 Å². The van der Waals surface area contributed by atoms with Crippen molar-refractivity contribution in [3.63, 3.8) is 0 Å². The Hall–Kier alpha value is -1.10. The molecule has 3 rings (SSSR count). The lowest BCUT2D eigenvalue weighted by Gasteiger charge is -2.31. The van der Waals surface area contributed by atoms with E-state index >= 15 is 0 Å². The maximum Gasteiger partial charge on any atom is 0.343 e. The second kappa shape index (κ2) is 5.49. The van der Waals surface area contributed by atoms with E-state index in [-0.39, 0.29) is 5.69 Å². The summed E-state index contributed by atoms with van der Waals surface area (Å²) in [7, 11) is 2.15. The van der Waals surface area contributed by atoms with Crippen LogP contribution in [0.15, 0.2) is 4.79 Å². The normalized spacial score (nSPS) is 26.7. The number of hydrogen-bond donors (Lipinski definition) is 1. The van der Waals surface area contributed by atoms with Crippen LogP contribution in [0.5, 0.6) is 0 Å². The van der Waals surface area contributed by atoms with Gasteiger partial charge in [-0.15, -0.1) is 0 Å². The van der Waals surface area contributed by atoms with Crippen LogP contribution in [0.2, 0.25) is 0 Å². The van der Waals surface area contributed by atoms with E-state index in [1.165, 1.54) is 25.7 Å². The van der Waals surface area contributed by atoms with Crippen LogP contribution >= 0.6 is 0 Å². The molecule has 5 heteroatoms. The van der Waals surface area contributed by atoms with Crippen LogP contribution in [0.3, 0.4) is 0 Å². The van der Waals surface area contributed by atoms with E-state index in [0.29, 0.717) is 12.0 Å². The molecule has 1 atom stereocenters. The van der Waals surface area contributed by atoms with Crippen LogP contribution in [0.1, 0.15) is 62.7 Å². The molecule has 0 aromatic carbocycles. The standard InChI is InChI=1S/C14H24N4O/c1-17-9-5-6-11(10-17)13-15-16-14(19)18(13)12-7-3-2-4-8-12/h11-12H,2-10H2,1H3,(H,16,19)/t11-/m0/s1. The Kier molecular flexibility index (Phi) is 3.73.